The van der Waals surface area contributed by atoms with Gasteiger partial charge in [-0.1, -0.05) is 22.0 Å². The minimum absolute atomic E-state index is 0.0534. The molecule has 1 heterocycles. The molecule has 20 heavy (non-hydrogen) atoms. The van der Waals surface area contributed by atoms with Gasteiger partial charge in [0.2, 0.25) is 11.8 Å². The van der Waals surface area contributed by atoms with Gasteiger partial charge in [-0.15, -0.1) is 0 Å². The third-order valence-corrected chi connectivity index (χ3v) is 3.69. The number of hydrogen-bond donors (Lipinski definition) is 1. The van der Waals surface area contributed by atoms with Gasteiger partial charge in [-0.2, -0.15) is 0 Å². The van der Waals surface area contributed by atoms with Crippen LogP contribution in [-0.2, 0) is 9.59 Å². The van der Waals surface area contributed by atoms with Crippen LogP contribution in [0.4, 0.5) is 0 Å². The largest absolute Gasteiger partial charge is 0.493 e. The first-order valence-electron chi connectivity index (χ1n) is 6.53. The average Bonchev–Trinajstić information content (AvgIpc) is 2.42. The normalized spacial score (nSPS) is 18.6. The van der Waals surface area contributed by atoms with Gasteiger partial charge in [0.1, 0.15) is 11.8 Å². The zero-order chi connectivity index (χ0) is 14.5. The lowest BCUT2D eigenvalue weighted by Crippen LogP contribution is -2.56. The van der Waals surface area contributed by atoms with E-state index in [0.29, 0.717) is 19.7 Å². The highest BCUT2D eigenvalue weighted by atomic mass is 79.9. The summed E-state index contributed by atoms with van der Waals surface area (Å²) < 4.78 is 6.47. The highest BCUT2D eigenvalue weighted by Crippen LogP contribution is 2.18. The smallest absolute Gasteiger partial charge is 0.242 e. The molecular weight excluding hydrogens is 324 g/mol. The number of ether oxygens (including phenoxy) is 1. The van der Waals surface area contributed by atoms with E-state index in [1.54, 1.807) is 11.8 Å². The number of hydrogen-bond acceptors (Lipinski definition) is 3. The number of carbonyl (C=O) groups is 2. The molecule has 1 aliphatic heterocycles. The molecule has 1 unspecified atom stereocenters. The molecule has 2 amide bonds. The van der Waals surface area contributed by atoms with Crippen molar-refractivity contribution in [1.29, 1.82) is 0 Å². The number of carbonyl (C=O) groups excluding carboxylic acids is 2. The maximum Gasteiger partial charge on any atom is 0.242 e. The Morgan fingerprint density at radius 1 is 1.55 bits per heavy atom. The second kappa shape index (κ2) is 6.74. The van der Waals surface area contributed by atoms with Gasteiger partial charge in [0.05, 0.1) is 13.0 Å². The molecule has 5 nitrogen and oxygen atoms in total. The summed E-state index contributed by atoms with van der Waals surface area (Å²) in [6.45, 7) is 3.12. The third kappa shape index (κ3) is 3.72. The Balaban J connectivity index is 1.81. The lowest BCUT2D eigenvalue weighted by atomic mass is 10.2. The summed E-state index contributed by atoms with van der Waals surface area (Å²) in [6.07, 6.45) is 0.268. The molecule has 1 fully saturated rings. The molecule has 0 saturated carbocycles. The van der Waals surface area contributed by atoms with Crippen molar-refractivity contribution < 1.29 is 14.3 Å². The molecule has 1 aromatic carbocycles. The van der Waals surface area contributed by atoms with E-state index >= 15 is 0 Å². The van der Waals surface area contributed by atoms with Crippen LogP contribution in [0, 0.1) is 0 Å². The van der Waals surface area contributed by atoms with Gasteiger partial charge in [-0.25, -0.2) is 0 Å². The first-order chi connectivity index (χ1) is 9.58. The Hall–Kier alpha value is -1.56. The van der Waals surface area contributed by atoms with Crippen LogP contribution in [0.1, 0.15) is 13.3 Å². The molecule has 1 aliphatic rings. The van der Waals surface area contributed by atoms with Crippen LogP contribution >= 0.6 is 15.9 Å². The highest BCUT2D eigenvalue weighted by Gasteiger charge is 2.28. The molecule has 6 heteroatoms. The van der Waals surface area contributed by atoms with E-state index in [0.717, 1.165) is 10.2 Å². The Labute approximate surface area is 126 Å². The van der Waals surface area contributed by atoms with Gasteiger partial charge in [-0.3, -0.25) is 9.59 Å². The summed E-state index contributed by atoms with van der Waals surface area (Å²) in [5.41, 5.74) is 0. The number of nitrogens with one attached hydrogen (secondary N) is 1. The summed E-state index contributed by atoms with van der Waals surface area (Å²) >= 11 is 3.36. The number of nitrogens with zero attached hydrogens (tertiary/aromatic N) is 1. The fraction of sp³-hybridized carbons (Fsp3) is 0.429. The van der Waals surface area contributed by atoms with Gasteiger partial charge in [-0.05, 0) is 25.1 Å². The summed E-state index contributed by atoms with van der Waals surface area (Å²) in [5.74, 6) is 0.566. The summed E-state index contributed by atoms with van der Waals surface area (Å²) in [5, 5.41) is 2.74. The monoisotopic (exact) mass is 340 g/mol. The molecular formula is C14H17BrN2O3. The lowest BCUT2D eigenvalue weighted by molar-refractivity contribution is -0.142. The predicted molar refractivity (Wildman–Crippen MR) is 78.4 cm³/mol. The Bertz CT molecular complexity index is 507. The first kappa shape index (κ1) is 14.8. The number of amides is 2. The van der Waals surface area contributed by atoms with Crippen molar-refractivity contribution in [2.24, 2.45) is 0 Å². The van der Waals surface area contributed by atoms with Gasteiger partial charge in [0.25, 0.3) is 0 Å². The van der Waals surface area contributed by atoms with E-state index in [-0.39, 0.29) is 18.2 Å². The zero-order valence-corrected chi connectivity index (χ0v) is 12.9. The fourth-order valence-corrected chi connectivity index (χ4v) is 2.46. The van der Waals surface area contributed by atoms with Gasteiger partial charge in [0, 0.05) is 17.6 Å². The van der Waals surface area contributed by atoms with Crippen LogP contribution in [0.5, 0.6) is 5.75 Å². The molecule has 0 aliphatic carbocycles. The minimum atomic E-state index is -0.401. The number of piperazine rings is 1. The van der Waals surface area contributed by atoms with Crippen molar-refractivity contribution >= 4 is 27.7 Å². The van der Waals surface area contributed by atoms with Gasteiger partial charge < -0.3 is 15.0 Å². The quantitative estimate of drug-likeness (QED) is 0.904. The van der Waals surface area contributed by atoms with E-state index < -0.39 is 6.04 Å². The minimum Gasteiger partial charge on any atom is -0.493 e. The van der Waals surface area contributed by atoms with Crippen molar-refractivity contribution in [2.45, 2.75) is 19.4 Å². The van der Waals surface area contributed by atoms with Crippen LogP contribution in [0.3, 0.4) is 0 Å². The van der Waals surface area contributed by atoms with Crippen molar-refractivity contribution in [3.8, 4) is 5.75 Å². The van der Waals surface area contributed by atoms with Gasteiger partial charge >= 0.3 is 0 Å². The van der Waals surface area contributed by atoms with Crippen LogP contribution < -0.4 is 10.1 Å². The van der Waals surface area contributed by atoms with E-state index in [1.165, 1.54) is 0 Å². The molecule has 1 N–H and O–H groups in total. The van der Waals surface area contributed by atoms with Crippen LogP contribution in [0.2, 0.25) is 0 Å². The predicted octanol–water partition coefficient (Wildman–Crippen LogP) is 1.56. The Morgan fingerprint density at radius 3 is 3.10 bits per heavy atom. The van der Waals surface area contributed by atoms with Crippen LogP contribution in [0.25, 0.3) is 0 Å². The summed E-state index contributed by atoms with van der Waals surface area (Å²) in [7, 11) is 0. The van der Waals surface area contributed by atoms with Crippen molar-refractivity contribution in [2.75, 3.05) is 19.7 Å². The van der Waals surface area contributed by atoms with E-state index in [4.69, 9.17) is 4.74 Å². The molecule has 0 bridgehead atoms. The molecule has 1 atom stereocenters. The molecule has 1 aromatic rings. The molecule has 0 radical (unpaired) electrons. The third-order valence-electron chi connectivity index (χ3n) is 3.20. The van der Waals surface area contributed by atoms with Crippen molar-refractivity contribution in [3.63, 3.8) is 0 Å². The van der Waals surface area contributed by atoms with Crippen LogP contribution in [-0.4, -0.2) is 42.5 Å². The molecule has 1 saturated heterocycles. The van der Waals surface area contributed by atoms with Gasteiger partial charge in [0.15, 0.2) is 0 Å². The molecule has 0 aromatic heterocycles. The molecule has 108 valence electrons. The van der Waals surface area contributed by atoms with Crippen LogP contribution in [0.15, 0.2) is 28.7 Å². The van der Waals surface area contributed by atoms with Crippen molar-refractivity contribution in [3.05, 3.63) is 28.7 Å². The fourth-order valence-electron chi connectivity index (χ4n) is 2.08. The van der Waals surface area contributed by atoms with E-state index in [1.807, 2.05) is 24.3 Å². The average molecular weight is 341 g/mol. The number of rotatable bonds is 4. The Morgan fingerprint density at radius 2 is 2.35 bits per heavy atom. The highest BCUT2D eigenvalue weighted by molar-refractivity contribution is 9.10. The zero-order valence-electron chi connectivity index (χ0n) is 11.3. The molecule has 2 rings (SSSR count). The second-order valence-electron chi connectivity index (χ2n) is 4.61. The maximum atomic E-state index is 12.1. The number of halogens is 1. The van der Waals surface area contributed by atoms with E-state index in [9.17, 15) is 9.59 Å². The first-order valence-corrected chi connectivity index (χ1v) is 7.33. The number of benzene rings is 1. The second-order valence-corrected chi connectivity index (χ2v) is 5.53. The van der Waals surface area contributed by atoms with E-state index in [2.05, 4.69) is 21.2 Å². The topological polar surface area (TPSA) is 58.6 Å². The molecule has 0 spiro atoms. The lowest BCUT2D eigenvalue weighted by Gasteiger charge is -2.32. The maximum absolute atomic E-state index is 12.1. The summed E-state index contributed by atoms with van der Waals surface area (Å²) in [6, 6.07) is 7.07. The summed E-state index contributed by atoms with van der Waals surface area (Å²) in [4.78, 5) is 25.2. The van der Waals surface area contributed by atoms with Crippen molar-refractivity contribution in [1.82, 2.24) is 10.2 Å². The SMILES string of the molecule is CC1C(=O)NCCN1C(=O)CCOc1cccc(Br)c1. The Kier molecular flexibility index (Phi) is 5.00. The standard InChI is InChI=1S/C14H17BrN2O3/c1-10-14(19)16-6-7-17(10)13(18)5-8-20-12-4-2-3-11(15)9-12/h2-4,9-10H,5-8H2,1H3,(H,16,19).